The molecule has 2 aromatic rings. The van der Waals surface area contributed by atoms with Gasteiger partial charge in [-0.2, -0.15) is 0 Å². The summed E-state index contributed by atoms with van der Waals surface area (Å²) in [6, 6.07) is 11.8. The van der Waals surface area contributed by atoms with Gasteiger partial charge >= 0.3 is 5.97 Å². The molecule has 0 atom stereocenters. The number of phenols is 1. The minimum Gasteiger partial charge on any atom is -0.507 e. The molecule has 0 saturated heterocycles. The topological polar surface area (TPSA) is 66.8 Å². The molecule has 19 heavy (non-hydrogen) atoms. The molecule has 2 aromatic carbocycles. The second-order valence-corrected chi connectivity index (χ2v) is 4.82. The van der Waals surface area contributed by atoms with Crippen molar-refractivity contribution in [3.63, 3.8) is 0 Å². The van der Waals surface area contributed by atoms with E-state index in [1.807, 2.05) is 24.3 Å². The molecule has 0 unspecified atom stereocenters. The van der Waals surface area contributed by atoms with Crippen LogP contribution in [0, 0.1) is 0 Å². The van der Waals surface area contributed by atoms with Gasteiger partial charge in [0.2, 0.25) is 0 Å². The first kappa shape index (κ1) is 13.4. The summed E-state index contributed by atoms with van der Waals surface area (Å²) in [6.07, 6.45) is 0. The molecule has 2 N–H and O–H groups in total. The number of carboxylic acid groups (broad SMARTS) is 1. The van der Waals surface area contributed by atoms with Crippen LogP contribution in [0.3, 0.4) is 0 Å². The zero-order chi connectivity index (χ0) is 13.8. The Kier molecular flexibility index (Phi) is 4.06. The summed E-state index contributed by atoms with van der Waals surface area (Å²) in [4.78, 5) is 10.9. The van der Waals surface area contributed by atoms with E-state index in [9.17, 15) is 9.90 Å². The van der Waals surface area contributed by atoms with Gasteiger partial charge in [-0.3, -0.25) is 0 Å². The predicted octanol–water partition coefficient (Wildman–Crippen LogP) is 3.43. The highest BCUT2D eigenvalue weighted by Gasteiger charge is 2.10. The Morgan fingerprint density at radius 3 is 2.68 bits per heavy atom. The third-order valence-corrected chi connectivity index (χ3v) is 2.99. The van der Waals surface area contributed by atoms with Crippen LogP contribution in [0.2, 0.25) is 0 Å². The Hall–Kier alpha value is -2.01. The van der Waals surface area contributed by atoms with Crippen molar-refractivity contribution in [3.05, 3.63) is 58.1 Å². The Morgan fingerprint density at radius 1 is 1.21 bits per heavy atom. The SMILES string of the molecule is O=C(O)c1cc(OCc2cccc(Br)c2)ccc1O. The highest BCUT2D eigenvalue weighted by molar-refractivity contribution is 9.10. The molecule has 0 amide bonds. The van der Waals surface area contributed by atoms with Gasteiger partial charge in [0, 0.05) is 4.47 Å². The minimum absolute atomic E-state index is 0.174. The van der Waals surface area contributed by atoms with Crippen LogP contribution in [0.4, 0.5) is 0 Å². The van der Waals surface area contributed by atoms with Gasteiger partial charge in [-0.05, 0) is 35.9 Å². The molecule has 0 bridgehead atoms. The van der Waals surface area contributed by atoms with E-state index in [1.54, 1.807) is 0 Å². The van der Waals surface area contributed by atoms with E-state index in [0.717, 1.165) is 10.0 Å². The molecule has 5 heteroatoms. The summed E-state index contributed by atoms with van der Waals surface area (Å²) in [5, 5.41) is 18.3. The Balaban J connectivity index is 2.12. The van der Waals surface area contributed by atoms with Crippen molar-refractivity contribution < 1.29 is 19.7 Å². The van der Waals surface area contributed by atoms with Crippen molar-refractivity contribution in [1.82, 2.24) is 0 Å². The average molecular weight is 323 g/mol. The smallest absolute Gasteiger partial charge is 0.339 e. The first-order valence-corrected chi connectivity index (χ1v) is 6.29. The predicted molar refractivity (Wildman–Crippen MR) is 73.5 cm³/mol. The summed E-state index contributed by atoms with van der Waals surface area (Å²) < 4.78 is 6.45. The van der Waals surface area contributed by atoms with E-state index in [0.29, 0.717) is 12.4 Å². The van der Waals surface area contributed by atoms with Crippen LogP contribution in [-0.4, -0.2) is 16.2 Å². The number of benzene rings is 2. The first-order chi connectivity index (χ1) is 9.06. The van der Waals surface area contributed by atoms with Crippen molar-refractivity contribution in [2.45, 2.75) is 6.61 Å². The van der Waals surface area contributed by atoms with E-state index in [4.69, 9.17) is 9.84 Å². The second kappa shape index (κ2) is 5.75. The number of rotatable bonds is 4. The lowest BCUT2D eigenvalue weighted by molar-refractivity contribution is 0.0693. The number of ether oxygens (including phenoxy) is 1. The van der Waals surface area contributed by atoms with Gasteiger partial charge in [-0.25, -0.2) is 4.79 Å². The number of hydrogen-bond donors (Lipinski definition) is 2. The molecule has 2 rings (SSSR count). The minimum atomic E-state index is -1.19. The van der Waals surface area contributed by atoms with Crippen LogP contribution >= 0.6 is 15.9 Å². The standard InChI is InChI=1S/C14H11BrO4/c15-10-3-1-2-9(6-10)8-19-11-4-5-13(16)12(7-11)14(17)18/h1-7,16H,8H2,(H,17,18). The lowest BCUT2D eigenvalue weighted by Crippen LogP contribution is -1.99. The Bertz CT molecular complexity index is 610. The zero-order valence-electron chi connectivity index (χ0n) is 9.84. The lowest BCUT2D eigenvalue weighted by Gasteiger charge is -2.08. The normalized spacial score (nSPS) is 10.2. The fraction of sp³-hybridized carbons (Fsp3) is 0.0714. The maximum absolute atomic E-state index is 10.9. The molecular formula is C14H11BrO4. The average Bonchev–Trinajstić information content (AvgIpc) is 2.37. The Morgan fingerprint density at radius 2 is 2.00 bits per heavy atom. The molecule has 98 valence electrons. The molecule has 0 spiro atoms. The largest absolute Gasteiger partial charge is 0.507 e. The van der Waals surface area contributed by atoms with Crippen LogP contribution in [0.5, 0.6) is 11.5 Å². The number of hydrogen-bond acceptors (Lipinski definition) is 3. The molecule has 0 heterocycles. The molecule has 4 nitrogen and oxygen atoms in total. The van der Waals surface area contributed by atoms with Crippen LogP contribution in [0.25, 0.3) is 0 Å². The van der Waals surface area contributed by atoms with Gasteiger partial charge in [0.25, 0.3) is 0 Å². The number of aromatic hydroxyl groups is 1. The molecule has 0 fully saturated rings. The third kappa shape index (κ3) is 3.48. The number of carboxylic acids is 1. The highest BCUT2D eigenvalue weighted by Crippen LogP contribution is 2.24. The molecule has 0 aliphatic heterocycles. The zero-order valence-corrected chi connectivity index (χ0v) is 11.4. The van der Waals surface area contributed by atoms with E-state index in [2.05, 4.69) is 15.9 Å². The van der Waals surface area contributed by atoms with Gasteiger partial charge in [0.15, 0.2) is 0 Å². The number of halogens is 1. The quantitative estimate of drug-likeness (QED) is 0.905. The summed E-state index contributed by atoms with van der Waals surface area (Å²) in [5.41, 5.74) is 0.783. The summed E-state index contributed by atoms with van der Waals surface area (Å²) >= 11 is 3.36. The summed E-state index contributed by atoms with van der Waals surface area (Å²) in [6.45, 7) is 0.323. The lowest BCUT2D eigenvalue weighted by atomic mass is 10.2. The first-order valence-electron chi connectivity index (χ1n) is 5.50. The van der Waals surface area contributed by atoms with Crippen molar-refractivity contribution in [3.8, 4) is 11.5 Å². The van der Waals surface area contributed by atoms with Gasteiger partial charge in [-0.1, -0.05) is 28.1 Å². The van der Waals surface area contributed by atoms with Gasteiger partial charge in [-0.15, -0.1) is 0 Å². The van der Waals surface area contributed by atoms with Crippen LogP contribution in [-0.2, 0) is 6.61 Å². The third-order valence-electron chi connectivity index (χ3n) is 2.49. The molecule has 0 aromatic heterocycles. The van der Waals surface area contributed by atoms with Gasteiger partial charge in [0.05, 0.1) is 0 Å². The molecule has 0 radical (unpaired) electrons. The Labute approximate surface area is 118 Å². The van der Waals surface area contributed by atoms with Crippen molar-refractivity contribution in [2.75, 3.05) is 0 Å². The fourth-order valence-corrected chi connectivity index (χ4v) is 2.02. The molecule has 0 saturated carbocycles. The fourth-order valence-electron chi connectivity index (χ4n) is 1.57. The molecule has 0 aliphatic carbocycles. The van der Waals surface area contributed by atoms with E-state index in [-0.39, 0.29) is 11.3 Å². The summed E-state index contributed by atoms with van der Waals surface area (Å²) in [7, 11) is 0. The van der Waals surface area contributed by atoms with Gasteiger partial charge in [0.1, 0.15) is 23.7 Å². The number of carbonyl (C=O) groups is 1. The van der Waals surface area contributed by atoms with E-state index >= 15 is 0 Å². The second-order valence-electron chi connectivity index (χ2n) is 3.90. The maximum atomic E-state index is 10.9. The molecule has 0 aliphatic rings. The summed E-state index contributed by atoms with van der Waals surface area (Å²) in [5.74, 6) is -1.07. The van der Waals surface area contributed by atoms with Crippen molar-refractivity contribution >= 4 is 21.9 Å². The van der Waals surface area contributed by atoms with E-state index < -0.39 is 5.97 Å². The highest BCUT2D eigenvalue weighted by atomic mass is 79.9. The van der Waals surface area contributed by atoms with Gasteiger partial charge < -0.3 is 14.9 Å². The number of aromatic carboxylic acids is 1. The van der Waals surface area contributed by atoms with Crippen molar-refractivity contribution in [1.29, 1.82) is 0 Å². The maximum Gasteiger partial charge on any atom is 0.339 e. The van der Waals surface area contributed by atoms with Crippen LogP contribution in [0.15, 0.2) is 46.9 Å². The van der Waals surface area contributed by atoms with Crippen molar-refractivity contribution in [2.24, 2.45) is 0 Å². The van der Waals surface area contributed by atoms with E-state index in [1.165, 1.54) is 18.2 Å². The monoisotopic (exact) mass is 322 g/mol. The molecular weight excluding hydrogens is 312 g/mol. The van der Waals surface area contributed by atoms with Crippen LogP contribution < -0.4 is 4.74 Å². The van der Waals surface area contributed by atoms with Crippen LogP contribution in [0.1, 0.15) is 15.9 Å².